The minimum Gasteiger partial charge on any atom is -0.461 e. The maximum Gasteiger partial charge on any atom is 0.358 e. The summed E-state index contributed by atoms with van der Waals surface area (Å²) in [6.07, 6.45) is 10.9. The number of hydrogen-bond acceptors (Lipinski definition) is 8. The van der Waals surface area contributed by atoms with Crippen LogP contribution in [-0.2, 0) is 22.6 Å². The van der Waals surface area contributed by atoms with Crippen molar-refractivity contribution in [1.29, 1.82) is 0 Å². The molecule has 59 heavy (non-hydrogen) atoms. The first kappa shape index (κ1) is 38.8. The lowest BCUT2D eigenvalue weighted by Crippen LogP contribution is -2.16. The smallest absolute Gasteiger partial charge is 0.358 e. The molecule has 0 amide bonds. The van der Waals surface area contributed by atoms with Gasteiger partial charge < -0.3 is 9.47 Å². The molecule has 0 unspecified atom stereocenters. The van der Waals surface area contributed by atoms with E-state index in [1.165, 1.54) is 0 Å². The number of carbonyl (C=O) groups excluding carboxylic acids is 2. The van der Waals surface area contributed by atoms with Gasteiger partial charge in [-0.05, 0) is 55.7 Å². The van der Waals surface area contributed by atoms with Crippen LogP contribution in [0.3, 0.4) is 0 Å². The zero-order valence-corrected chi connectivity index (χ0v) is 34.2. The molecule has 4 heterocycles. The molecule has 4 aromatic carbocycles. The molecule has 0 radical (unpaired) electrons. The summed E-state index contributed by atoms with van der Waals surface area (Å²) < 4.78 is 15.2. The Morgan fingerprint density at radius 1 is 0.661 bits per heavy atom. The van der Waals surface area contributed by atoms with Crippen molar-refractivity contribution in [2.45, 2.75) is 52.0 Å². The number of aromatic nitrogens is 4. The number of aliphatic imine (C=N–C) groups is 2. The molecule has 8 rings (SSSR count). The number of unbranched alkanes of at least 4 members (excludes halogenated alkanes) is 2. The summed E-state index contributed by atoms with van der Waals surface area (Å²) in [6, 6.07) is 31.8. The summed E-state index contributed by atoms with van der Waals surface area (Å²) in [5.74, 6) is 5.07. The highest BCUT2D eigenvalue weighted by atomic mass is 28.3. The molecule has 0 aliphatic carbocycles. The summed E-state index contributed by atoms with van der Waals surface area (Å²) >= 11 is 0. The molecule has 2 aromatic heterocycles. The normalized spacial score (nSPS) is 12.7. The summed E-state index contributed by atoms with van der Waals surface area (Å²) in [5, 5.41) is 0. The number of hydrogen-bond donors (Lipinski definition) is 0. The number of terminal acetylenes is 1. The number of carbonyl (C=O) groups is 2. The summed E-state index contributed by atoms with van der Waals surface area (Å²) in [7, 11) is -1.59. The van der Waals surface area contributed by atoms with E-state index >= 15 is 0 Å². The second-order valence-electron chi connectivity index (χ2n) is 15.3. The first-order valence-electron chi connectivity index (χ1n) is 19.6. The van der Waals surface area contributed by atoms with Gasteiger partial charge in [0, 0.05) is 33.4 Å². The first-order chi connectivity index (χ1) is 28.7. The van der Waals surface area contributed by atoms with Crippen LogP contribution in [0, 0.1) is 23.8 Å². The van der Waals surface area contributed by atoms with E-state index in [1.54, 1.807) is 12.7 Å². The molecule has 11 heteroatoms. The molecule has 0 saturated heterocycles. The van der Waals surface area contributed by atoms with E-state index in [4.69, 9.17) is 25.9 Å². The highest BCUT2D eigenvalue weighted by Gasteiger charge is 2.27. The van der Waals surface area contributed by atoms with E-state index in [1.807, 2.05) is 100 Å². The van der Waals surface area contributed by atoms with Gasteiger partial charge in [-0.15, -0.1) is 12.0 Å². The fourth-order valence-electron chi connectivity index (χ4n) is 7.12. The summed E-state index contributed by atoms with van der Waals surface area (Å²) in [5.41, 5.74) is 13.9. The molecule has 0 saturated carbocycles. The Morgan fingerprint density at radius 2 is 1.14 bits per heavy atom. The Labute approximate surface area is 344 Å². The minimum absolute atomic E-state index is 0.195. The van der Waals surface area contributed by atoms with E-state index < -0.39 is 20.0 Å². The molecule has 0 fully saturated rings. The average Bonchev–Trinajstić information content (AvgIpc) is 3.79. The zero-order chi connectivity index (χ0) is 40.9. The van der Waals surface area contributed by atoms with Crippen LogP contribution in [0.15, 0.2) is 120 Å². The predicted molar refractivity (Wildman–Crippen MR) is 231 cm³/mol. The Kier molecular flexibility index (Phi) is 11.0. The quantitative estimate of drug-likeness (QED) is 0.0599. The van der Waals surface area contributed by atoms with Crippen LogP contribution in [0.4, 0.5) is 0 Å². The lowest BCUT2D eigenvalue weighted by atomic mass is 9.98. The molecule has 10 nitrogen and oxygen atoms in total. The van der Waals surface area contributed by atoms with Crippen LogP contribution in [0.5, 0.6) is 0 Å². The van der Waals surface area contributed by atoms with Gasteiger partial charge in [0.05, 0.1) is 60.5 Å². The highest BCUT2D eigenvalue weighted by molar-refractivity contribution is 6.83. The fourth-order valence-corrected chi connectivity index (χ4v) is 7.64. The van der Waals surface area contributed by atoms with Gasteiger partial charge in [-0.3, -0.25) is 19.1 Å². The molecule has 2 aliphatic rings. The number of imidazole rings is 2. The SMILES string of the molecule is C#Cc1ccc2c(c1)C(c1ccccc1)=NCc1c(C(=O)OCCCCCOC(=O)c3ncn4c3CN=C(c3ccccc3)c3cc(C#C[Si](C)(C)C)ccc3-4)ncn1-2. The standard InChI is InChI=1S/C48H42N6O4Si/c1-5-33-19-21-39-37(27-33)43(35-15-9-6-10-16-35)49-29-41-45(51-31-53(39)41)47(55)57-24-13-8-14-25-58-48(56)46-42-30-50-44(36-17-11-7-12-18-36)38-28-34(23-26-59(2,3)4)20-22-40(38)54(42)32-52-46/h1,6-7,9-12,15-22,27-28,31-32H,8,13-14,24-25,29-30H2,2-4H3. The lowest BCUT2D eigenvalue weighted by Gasteiger charge is -2.13. The maximum absolute atomic E-state index is 13.4. The maximum atomic E-state index is 13.4. The van der Waals surface area contributed by atoms with Gasteiger partial charge in [0.2, 0.25) is 0 Å². The van der Waals surface area contributed by atoms with Gasteiger partial charge >= 0.3 is 11.9 Å². The lowest BCUT2D eigenvalue weighted by molar-refractivity contribution is 0.0470. The van der Waals surface area contributed by atoms with Gasteiger partial charge in [0.25, 0.3) is 0 Å². The van der Waals surface area contributed by atoms with Gasteiger partial charge in [-0.25, -0.2) is 19.6 Å². The Hall–Kier alpha value is -7.08. The van der Waals surface area contributed by atoms with Crippen molar-refractivity contribution < 1.29 is 19.1 Å². The van der Waals surface area contributed by atoms with Crippen molar-refractivity contribution in [2.24, 2.45) is 9.98 Å². The van der Waals surface area contributed by atoms with E-state index in [-0.39, 0.29) is 37.7 Å². The molecule has 0 spiro atoms. The third-order valence-electron chi connectivity index (χ3n) is 10.0. The van der Waals surface area contributed by atoms with Crippen molar-refractivity contribution in [3.8, 4) is 35.2 Å². The van der Waals surface area contributed by atoms with Crippen LogP contribution < -0.4 is 0 Å². The topological polar surface area (TPSA) is 113 Å². The Balaban J connectivity index is 0.885. The Bertz CT molecular complexity index is 2740. The zero-order valence-electron chi connectivity index (χ0n) is 33.2. The van der Waals surface area contributed by atoms with Crippen LogP contribution >= 0.6 is 0 Å². The van der Waals surface area contributed by atoms with Crippen molar-refractivity contribution in [3.05, 3.63) is 166 Å². The summed E-state index contributed by atoms with van der Waals surface area (Å²) in [4.78, 5) is 45.6. The van der Waals surface area contributed by atoms with Gasteiger partial charge in [-0.2, -0.15) is 0 Å². The van der Waals surface area contributed by atoms with Crippen molar-refractivity contribution >= 4 is 31.4 Å². The number of fused-ring (bicyclic) bond motifs is 6. The third kappa shape index (κ3) is 8.33. The van der Waals surface area contributed by atoms with Crippen molar-refractivity contribution in [3.63, 3.8) is 0 Å². The molecular weight excluding hydrogens is 753 g/mol. The number of rotatable bonds is 10. The molecule has 6 aromatic rings. The molecule has 0 bridgehead atoms. The molecule has 0 N–H and O–H groups in total. The second kappa shape index (κ2) is 16.8. The number of benzene rings is 4. The number of esters is 2. The van der Waals surface area contributed by atoms with E-state index in [2.05, 4.69) is 53.1 Å². The third-order valence-corrected chi connectivity index (χ3v) is 10.9. The van der Waals surface area contributed by atoms with Crippen LogP contribution in [0.25, 0.3) is 11.4 Å². The molecule has 0 atom stereocenters. The van der Waals surface area contributed by atoms with E-state index in [9.17, 15) is 9.59 Å². The van der Waals surface area contributed by atoms with Crippen molar-refractivity contribution in [1.82, 2.24) is 19.1 Å². The van der Waals surface area contributed by atoms with Crippen LogP contribution in [0.2, 0.25) is 19.6 Å². The summed E-state index contributed by atoms with van der Waals surface area (Å²) in [6.45, 7) is 7.55. The van der Waals surface area contributed by atoms with Gasteiger partial charge in [-0.1, -0.05) is 92.1 Å². The first-order valence-corrected chi connectivity index (χ1v) is 23.1. The minimum atomic E-state index is -1.59. The fraction of sp³-hybridized carbons (Fsp3) is 0.208. The highest BCUT2D eigenvalue weighted by Crippen LogP contribution is 2.30. The molecular formula is C48H42N6O4Si. The van der Waals surface area contributed by atoms with Crippen molar-refractivity contribution in [2.75, 3.05) is 13.2 Å². The largest absolute Gasteiger partial charge is 0.461 e. The van der Waals surface area contributed by atoms with Gasteiger partial charge in [0.15, 0.2) is 11.4 Å². The van der Waals surface area contributed by atoms with E-state index in [0.717, 1.165) is 56.2 Å². The monoisotopic (exact) mass is 794 g/mol. The number of nitrogens with zero attached hydrogens (tertiary/aromatic N) is 6. The average molecular weight is 795 g/mol. The van der Waals surface area contributed by atoms with Crippen LogP contribution in [-0.4, -0.2) is 63.8 Å². The Morgan fingerprint density at radius 3 is 1.61 bits per heavy atom. The second-order valence-corrected chi connectivity index (χ2v) is 20.1. The predicted octanol–water partition coefficient (Wildman–Crippen LogP) is 8.15. The molecule has 292 valence electrons. The van der Waals surface area contributed by atoms with E-state index in [0.29, 0.717) is 30.7 Å². The van der Waals surface area contributed by atoms with Gasteiger partial charge in [0.1, 0.15) is 20.7 Å². The van der Waals surface area contributed by atoms with Crippen LogP contribution in [0.1, 0.15) is 85.0 Å². The molecule has 2 aliphatic heterocycles. The number of ether oxygens (including phenoxy) is 2.